The quantitative estimate of drug-likeness (QED) is 0.744. The molecule has 1 aromatic heterocycles. The second-order valence-electron chi connectivity index (χ2n) is 8.53. The predicted molar refractivity (Wildman–Crippen MR) is 114 cm³/mol. The minimum absolute atomic E-state index is 0.182. The molecule has 4 rings (SSSR count). The van der Waals surface area contributed by atoms with Gasteiger partial charge in [-0.05, 0) is 32.9 Å². The summed E-state index contributed by atoms with van der Waals surface area (Å²) in [4.78, 5) is 41.3. The highest BCUT2D eigenvalue weighted by Crippen LogP contribution is 2.35. The van der Waals surface area contributed by atoms with E-state index in [2.05, 4.69) is 15.6 Å². The Labute approximate surface area is 184 Å². The number of aromatic nitrogens is 2. The molecule has 0 unspecified atom stereocenters. The van der Waals surface area contributed by atoms with E-state index in [0.29, 0.717) is 29.6 Å². The average molecular weight is 443 g/mol. The number of rotatable bonds is 4. The van der Waals surface area contributed by atoms with Crippen LogP contribution in [0.1, 0.15) is 33.5 Å². The van der Waals surface area contributed by atoms with Crippen molar-refractivity contribution < 1.29 is 28.6 Å². The molecule has 2 aromatic rings. The van der Waals surface area contributed by atoms with Gasteiger partial charge in [-0.3, -0.25) is 19.6 Å². The molecule has 1 aromatic carbocycles. The zero-order valence-electron chi connectivity index (χ0n) is 18.3. The minimum atomic E-state index is -0.618. The molecule has 0 bridgehead atoms. The average Bonchev–Trinajstić information content (AvgIpc) is 3.27. The van der Waals surface area contributed by atoms with Crippen LogP contribution in [0.2, 0.25) is 0 Å². The first kappa shape index (κ1) is 21.5. The molecule has 3 heterocycles. The number of hydrogen-bond donors (Lipinski definition) is 2. The van der Waals surface area contributed by atoms with Gasteiger partial charge in [0.15, 0.2) is 11.6 Å². The number of cyclic esters (lactones) is 1. The van der Waals surface area contributed by atoms with Crippen molar-refractivity contribution >= 4 is 29.6 Å². The van der Waals surface area contributed by atoms with Gasteiger partial charge in [0, 0.05) is 13.0 Å². The Balaban J connectivity index is 1.50. The zero-order chi connectivity index (χ0) is 23.0. The molecule has 0 saturated carbocycles. The summed E-state index contributed by atoms with van der Waals surface area (Å²) in [5, 5.41) is 5.28. The molecule has 0 radical (unpaired) electrons. The van der Waals surface area contributed by atoms with Gasteiger partial charge in [-0.1, -0.05) is 0 Å². The SMILES string of the molecule is CC(=O)NC[C@H]1CN(c2ccc3c(c2)OCc2nc(NC(=O)OC(C)(C)C)cn2-3)C(=O)O1. The van der Waals surface area contributed by atoms with Crippen molar-refractivity contribution in [2.24, 2.45) is 0 Å². The van der Waals surface area contributed by atoms with Crippen LogP contribution in [0.3, 0.4) is 0 Å². The Hall–Kier alpha value is -3.76. The maximum Gasteiger partial charge on any atom is 0.414 e. The highest BCUT2D eigenvalue weighted by Gasteiger charge is 2.33. The van der Waals surface area contributed by atoms with Crippen molar-refractivity contribution in [1.82, 2.24) is 14.9 Å². The van der Waals surface area contributed by atoms with E-state index in [1.807, 2.05) is 4.57 Å². The van der Waals surface area contributed by atoms with Crippen LogP contribution in [0.25, 0.3) is 5.69 Å². The molecule has 0 aliphatic carbocycles. The van der Waals surface area contributed by atoms with Gasteiger partial charge in [-0.2, -0.15) is 0 Å². The van der Waals surface area contributed by atoms with Gasteiger partial charge in [-0.25, -0.2) is 14.6 Å². The summed E-state index contributed by atoms with van der Waals surface area (Å²) in [6.45, 7) is 7.53. The number of nitrogens with zero attached hydrogens (tertiary/aromatic N) is 3. The molecule has 1 saturated heterocycles. The van der Waals surface area contributed by atoms with Crippen LogP contribution < -0.4 is 20.3 Å². The van der Waals surface area contributed by atoms with E-state index in [1.165, 1.54) is 11.8 Å². The van der Waals surface area contributed by atoms with Crippen molar-refractivity contribution in [2.75, 3.05) is 23.3 Å². The third kappa shape index (κ3) is 4.61. The zero-order valence-corrected chi connectivity index (χ0v) is 18.3. The van der Waals surface area contributed by atoms with Gasteiger partial charge in [0.25, 0.3) is 0 Å². The van der Waals surface area contributed by atoms with Crippen molar-refractivity contribution in [1.29, 1.82) is 0 Å². The maximum absolute atomic E-state index is 12.3. The van der Waals surface area contributed by atoms with E-state index in [-0.39, 0.29) is 19.1 Å². The van der Waals surface area contributed by atoms with Crippen LogP contribution >= 0.6 is 0 Å². The Morgan fingerprint density at radius 1 is 1.31 bits per heavy atom. The van der Waals surface area contributed by atoms with E-state index in [1.54, 1.807) is 45.2 Å². The Kier molecular flexibility index (Phi) is 5.41. The van der Waals surface area contributed by atoms with Gasteiger partial charge >= 0.3 is 12.2 Å². The highest BCUT2D eigenvalue weighted by atomic mass is 16.6. The number of hydrogen-bond acceptors (Lipinski definition) is 7. The molecule has 2 N–H and O–H groups in total. The minimum Gasteiger partial charge on any atom is -0.483 e. The third-order valence-corrected chi connectivity index (χ3v) is 4.73. The molecule has 2 aliphatic rings. The van der Waals surface area contributed by atoms with Crippen molar-refractivity contribution in [2.45, 2.75) is 46.0 Å². The Bertz CT molecular complexity index is 1070. The summed E-state index contributed by atoms with van der Waals surface area (Å²) < 4.78 is 18.2. The van der Waals surface area contributed by atoms with E-state index in [4.69, 9.17) is 14.2 Å². The van der Waals surface area contributed by atoms with Gasteiger partial charge in [0.2, 0.25) is 5.91 Å². The summed E-state index contributed by atoms with van der Waals surface area (Å²) in [5.41, 5.74) is 0.727. The lowest BCUT2D eigenvalue weighted by molar-refractivity contribution is -0.119. The number of fused-ring (bicyclic) bond motifs is 3. The topological polar surface area (TPSA) is 124 Å². The first-order valence-electron chi connectivity index (χ1n) is 10.2. The van der Waals surface area contributed by atoms with E-state index < -0.39 is 23.9 Å². The molecular weight excluding hydrogens is 418 g/mol. The first-order chi connectivity index (χ1) is 15.1. The number of anilines is 2. The number of amides is 3. The number of imidazole rings is 1. The summed E-state index contributed by atoms with van der Waals surface area (Å²) in [7, 11) is 0. The van der Waals surface area contributed by atoms with Crippen LogP contribution in [-0.2, 0) is 20.9 Å². The molecule has 32 heavy (non-hydrogen) atoms. The van der Waals surface area contributed by atoms with Gasteiger partial charge in [0.05, 0.1) is 30.7 Å². The van der Waals surface area contributed by atoms with E-state index >= 15 is 0 Å². The van der Waals surface area contributed by atoms with Crippen LogP contribution in [0.15, 0.2) is 24.4 Å². The molecule has 11 nitrogen and oxygen atoms in total. The van der Waals surface area contributed by atoms with Crippen LogP contribution in [0.5, 0.6) is 5.75 Å². The summed E-state index contributed by atoms with van der Waals surface area (Å²) in [6, 6.07) is 5.34. The lowest BCUT2D eigenvalue weighted by Crippen LogP contribution is -2.33. The van der Waals surface area contributed by atoms with Crippen LogP contribution in [0, 0.1) is 0 Å². The fourth-order valence-electron chi connectivity index (χ4n) is 3.42. The standard InChI is InChI=1S/C21H25N5O6/c1-12(27)22-8-14-9-25(20(29)31-14)13-5-6-15-16(7-13)30-11-18-23-17(10-26(15)18)24-19(28)32-21(2,3)4/h5-7,10,14H,8-9,11H2,1-4H3,(H,22,27)(H,24,28)/t14-/m0/s1. The fourth-order valence-corrected chi connectivity index (χ4v) is 3.42. The monoisotopic (exact) mass is 443 g/mol. The Morgan fingerprint density at radius 3 is 2.81 bits per heavy atom. The first-order valence-corrected chi connectivity index (χ1v) is 10.2. The molecule has 1 atom stereocenters. The Morgan fingerprint density at radius 2 is 2.09 bits per heavy atom. The normalized spacial score (nSPS) is 17.1. The van der Waals surface area contributed by atoms with Gasteiger partial charge in [-0.15, -0.1) is 0 Å². The third-order valence-electron chi connectivity index (χ3n) is 4.73. The number of ether oxygens (including phenoxy) is 3. The number of carbonyl (C=O) groups is 3. The smallest absolute Gasteiger partial charge is 0.414 e. The fraction of sp³-hybridized carbons (Fsp3) is 0.429. The van der Waals surface area contributed by atoms with Crippen LogP contribution in [0.4, 0.5) is 21.1 Å². The van der Waals surface area contributed by atoms with Crippen molar-refractivity contribution in [3.8, 4) is 11.4 Å². The van der Waals surface area contributed by atoms with Crippen molar-refractivity contribution in [3.05, 3.63) is 30.2 Å². The molecule has 170 valence electrons. The second-order valence-corrected chi connectivity index (χ2v) is 8.53. The molecule has 2 aliphatic heterocycles. The van der Waals surface area contributed by atoms with Crippen LogP contribution in [-0.4, -0.2) is 52.4 Å². The lowest BCUT2D eigenvalue weighted by atomic mass is 10.2. The molecule has 3 amide bonds. The lowest BCUT2D eigenvalue weighted by Gasteiger charge is -2.21. The summed E-state index contributed by atoms with van der Waals surface area (Å²) in [5.74, 6) is 1.35. The summed E-state index contributed by atoms with van der Waals surface area (Å²) in [6.07, 6.45) is 0.188. The molecular formula is C21H25N5O6. The maximum atomic E-state index is 12.3. The number of carbonyl (C=O) groups excluding carboxylic acids is 3. The van der Waals surface area contributed by atoms with E-state index in [0.717, 1.165) is 5.69 Å². The van der Waals surface area contributed by atoms with Gasteiger partial charge in [0.1, 0.15) is 24.1 Å². The molecule has 0 spiro atoms. The van der Waals surface area contributed by atoms with Gasteiger partial charge < -0.3 is 19.5 Å². The highest BCUT2D eigenvalue weighted by molar-refractivity contribution is 5.90. The second kappa shape index (κ2) is 8.06. The largest absolute Gasteiger partial charge is 0.483 e. The van der Waals surface area contributed by atoms with Crippen molar-refractivity contribution in [3.63, 3.8) is 0 Å². The number of benzene rings is 1. The van der Waals surface area contributed by atoms with E-state index in [9.17, 15) is 14.4 Å². The molecule has 1 fully saturated rings. The number of nitrogens with one attached hydrogen (secondary N) is 2. The molecule has 11 heteroatoms. The summed E-state index contributed by atoms with van der Waals surface area (Å²) >= 11 is 0. The predicted octanol–water partition coefficient (Wildman–Crippen LogP) is 2.57.